The minimum Gasteiger partial charge on any atom is -0.444 e. The second-order valence-electron chi connectivity index (χ2n) is 5.96. The summed E-state index contributed by atoms with van der Waals surface area (Å²) >= 11 is 2.05. The van der Waals surface area contributed by atoms with Crippen LogP contribution in [0.5, 0.6) is 0 Å². The minimum absolute atomic E-state index is 0.142. The van der Waals surface area contributed by atoms with E-state index < -0.39 is 0 Å². The fourth-order valence-electron chi connectivity index (χ4n) is 3.14. The highest BCUT2D eigenvalue weighted by Gasteiger charge is 2.38. The summed E-state index contributed by atoms with van der Waals surface area (Å²) in [4.78, 5) is 4.43. The molecule has 2 aliphatic heterocycles. The molecule has 112 valence electrons. The van der Waals surface area contributed by atoms with Crippen LogP contribution < -0.4 is 5.32 Å². The molecule has 20 heavy (non-hydrogen) atoms. The van der Waals surface area contributed by atoms with Crippen molar-refractivity contribution in [3.8, 4) is 0 Å². The summed E-state index contributed by atoms with van der Waals surface area (Å²) < 4.78 is 11.8. The summed E-state index contributed by atoms with van der Waals surface area (Å²) in [7, 11) is 0. The Hall–Kier alpha value is -0.520. The summed E-state index contributed by atoms with van der Waals surface area (Å²) in [5.74, 6) is 4.21. The third kappa shape index (κ3) is 3.21. The molecule has 1 N–H and O–H groups in total. The van der Waals surface area contributed by atoms with E-state index in [9.17, 15) is 0 Å². The van der Waals surface area contributed by atoms with Gasteiger partial charge in [0.15, 0.2) is 0 Å². The third-order valence-corrected chi connectivity index (χ3v) is 5.50. The molecule has 3 rings (SSSR count). The van der Waals surface area contributed by atoms with E-state index >= 15 is 0 Å². The maximum Gasteiger partial charge on any atom is 0.208 e. The van der Waals surface area contributed by atoms with Gasteiger partial charge in [-0.1, -0.05) is 0 Å². The van der Waals surface area contributed by atoms with Crippen LogP contribution in [0.2, 0.25) is 0 Å². The summed E-state index contributed by atoms with van der Waals surface area (Å²) in [5.41, 5.74) is 1.14. The maximum atomic E-state index is 6.12. The monoisotopic (exact) mass is 296 g/mol. The third-order valence-electron chi connectivity index (χ3n) is 4.51. The Morgan fingerprint density at radius 1 is 1.35 bits per heavy atom. The molecule has 4 nitrogen and oxygen atoms in total. The number of rotatable bonds is 3. The van der Waals surface area contributed by atoms with Crippen LogP contribution in [0.1, 0.15) is 43.0 Å². The predicted molar refractivity (Wildman–Crippen MR) is 81.1 cm³/mol. The number of hydrogen-bond donors (Lipinski definition) is 1. The summed E-state index contributed by atoms with van der Waals surface area (Å²) in [6.07, 6.45) is 4.62. The van der Waals surface area contributed by atoms with Gasteiger partial charge in [-0.2, -0.15) is 11.8 Å². The highest BCUT2D eigenvalue weighted by Crippen LogP contribution is 2.37. The first-order valence-corrected chi connectivity index (χ1v) is 8.70. The van der Waals surface area contributed by atoms with Gasteiger partial charge >= 0.3 is 0 Å². The van der Waals surface area contributed by atoms with Crippen LogP contribution in [0, 0.1) is 13.8 Å². The SMILES string of the molecule is Cc1nc(CNC2CCOC3(CCSCC3)C2)oc1C. The van der Waals surface area contributed by atoms with Crippen LogP contribution in [0.25, 0.3) is 0 Å². The topological polar surface area (TPSA) is 47.3 Å². The van der Waals surface area contributed by atoms with Crippen LogP contribution in [0.3, 0.4) is 0 Å². The molecule has 1 spiro atoms. The van der Waals surface area contributed by atoms with Crippen LogP contribution in [-0.4, -0.2) is 34.7 Å². The second kappa shape index (κ2) is 6.08. The second-order valence-corrected chi connectivity index (χ2v) is 7.19. The zero-order chi connectivity index (χ0) is 14.0. The van der Waals surface area contributed by atoms with Crippen LogP contribution in [-0.2, 0) is 11.3 Å². The van der Waals surface area contributed by atoms with Crippen molar-refractivity contribution in [1.29, 1.82) is 0 Å². The highest BCUT2D eigenvalue weighted by molar-refractivity contribution is 7.99. The number of aryl methyl sites for hydroxylation is 2. The van der Waals surface area contributed by atoms with Crippen molar-refractivity contribution < 1.29 is 9.15 Å². The molecule has 2 saturated heterocycles. The number of hydrogen-bond acceptors (Lipinski definition) is 5. The van der Waals surface area contributed by atoms with Crippen molar-refractivity contribution in [3.05, 3.63) is 17.3 Å². The van der Waals surface area contributed by atoms with E-state index in [0.29, 0.717) is 6.04 Å². The van der Waals surface area contributed by atoms with E-state index in [-0.39, 0.29) is 5.60 Å². The summed E-state index contributed by atoms with van der Waals surface area (Å²) in [6.45, 7) is 5.57. The molecule has 2 aliphatic rings. The smallest absolute Gasteiger partial charge is 0.208 e. The number of nitrogens with zero attached hydrogens (tertiary/aromatic N) is 1. The number of oxazole rings is 1. The maximum absolute atomic E-state index is 6.12. The van der Waals surface area contributed by atoms with Crippen LogP contribution in [0.15, 0.2) is 4.42 Å². The van der Waals surface area contributed by atoms with Crippen molar-refractivity contribution in [2.24, 2.45) is 0 Å². The first-order valence-electron chi connectivity index (χ1n) is 7.55. The van der Waals surface area contributed by atoms with E-state index in [1.807, 2.05) is 13.8 Å². The van der Waals surface area contributed by atoms with Crippen LogP contribution in [0.4, 0.5) is 0 Å². The predicted octanol–water partition coefficient (Wildman–Crippen LogP) is 2.83. The number of aromatic nitrogens is 1. The molecule has 0 radical (unpaired) electrons. The van der Waals surface area contributed by atoms with Gasteiger partial charge in [-0.3, -0.25) is 0 Å². The van der Waals surface area contributed by atoms with Gasteiger partial charge in [0.25, 0.3) is 0 Å². The Balaban J connectivity index is 1.54. The fourth-order valence-corrected chi connectivity index (χ4v) is 4.38. The van der Waals surface area contributed by atoms with Gasteiger partial charge in [-0.25, -0.2) is 4.98 Å². The van der Waals surface area contributed by atoms with Gasteiger partial charge in [-0.15, -0.1) is 0 Å². The lowest BCUT2D eigenvalue weighted by atomic mass is 9.85. The molecular formula is C15H24N2O2S. The Kier molecular flexibility index (Phi) is 4.38. The average molecular weight is 296 g/mol. The van der Waals surface area contributed by atoms with Crippen LogP contribution >= 0.6 is 11.8 Å². The van der Waals surface area contributed by atoms with Gasteiger partial charge in [0.2, 0.25) is 5.89 Å². The molecule has 0 bridgehead atoms. The van der Waals surface area contributed by atoms with Crippen molar-refractivity contribution in [3.63, 3.8) is 0 Å². The molecule has 0 amide bonds. The van der Waals surface area contributed by atoms with Crippen molar-refractivity contribution in [2.45, 2.75) is 57.7 Å². The summed E-state index contributed by atoms with van der Waals surface area (Å²) in [6, 6.07) is 0.527. The molecule has 0 saturated carbocycles. The van der Waals surface area contributed by atoms with E-state index in [1.54, 1.807) is 0 Å². The van der Waals surface area contributed by atoms with Crippen molar-refractivity contribution in [2.75, 3.05) is 18.1 Å². The quantitative estimate of drug-likeness (QED) is 0.929. The van der Waals surface area contributed by atoms with Gasteiger partial charge in [0, 0.05) is 12.6 Å². The van der Waals surface area contributed by atoms with E-state index in [0.717, 1.165) is 43.3 Å². The molecular weight excluding hydrogens is 272 g/mol. The molecule has 5 heteroatoms. The zero-order valence-electron chi connectivity index (χ0n) is 12.4. The molecule has 1 aromatic rings. The lowest BCUT2D eigenvalue weighted by Gasteiger charge is -2.43. The first-order chi connectivity index (χ1) is 9.67. The zero-order valence-corrected chi connectivity index (χ0v) is 13.2. The highest BCUT2D eigenvalue weighted by atomic mass is 32.2. The molecule has 0 aliphatic carbocycles. The number of thioether (sulfide) groups is 1. The van der Waals surface area contributed by atoms with Gasteiger partial charge in [0.1, 0.15) is 5.76 Å². The standard InChI is InChI=1S/C15H24N2O2S/c1-11-12(2)19-14(17-11)10-16-13-3-6-18-15(9-13)4-7-20-8-5-15/h13,16H,3-10H2,1-2H3. The largest absolute Gasteiger partial charge is 0.444 e. The average Bonchev–Trinajstić information content (AvgIpc) is 2.77. The molecule has 1 unspecified atom stereocenters. The van der Waals surface area contributed by atoms with Gasteiger partial charge in [-0.05, 0) is 51.0 Å². The lowest BCUT2D eigenvalue weighted by molar-refractivity contribution is -0.0935. The van der Waals surface area contributed by atoms with Gasteiger partial charge < -0.3 is 14.5 Å². The van der Waals surface area contributed by atoms with E-state index in [4.69, 9.17) is 9.15 Å². The normalized spacial score (nSPS) is 26.0. The Labute approximate surface area is 125 Å². The van der Waals surface area contributed by atoms with Crippen molar-refractivity contribution in [1.82, 2.24) is 10.3 Å². The fraction of sp³-hybridized carbons (Fsp3) is 0.800. The Morgan fingerprint density at radius 2 is 2.15 bits per heavy atom. The lowest BCUT2D eigenvalue weighted by Crippen LogP contribution is -2.48. The van der Waals surface area contributed by atoms with E-state index in [1.165, 1.54) is 24.3 Å². The minimum atomic E-state index is 0.142. The molecule has 1 aromatic heterocycles. The Morgan fingerprint density at radius 3 is 2.85 bits per heavy atom. The Bertz CT molecular complexity index is 430. The summed E-state index contributed by atoms with van der Waals surface area (Å²) in [5, 5.41) is 3.61. The molecule has 0 aromatic carbocycles. The van der Waals surface area contributed by atoms with Crippen molar-refractivity contribution >= 4 is 11.8 Å². The molecule has 1 atom stereocenters. The number of ether oxygens (including phenoxy) is 1. The van der Waals surface area contributed by atoms with Gasteiger partial charge in [0.05, 0.1) is 17.8 Å². The van der Waals surface area contributed by atoms with E-state index in [2.05, 4.69) is 22.1 Å². The molecule has 3 heterocycles. The first kappa shape index (κ1) is 14.4. The number of nitrogens with one attached hydrogen (secondary N) is 1. The molecule has 2 fully saturated rings.